The predicted molar refractivity (Wildman–Crippen MR) is 57.5 cm³/mol. The van der Waals surface area contributed by atoms with Gasteiger partial charge in [-0.2, -0.15) is 4.99 Å². The van der Waals surface area contributed by atoms with Crippen LogP contribution in [0.3, 0.4) is 0 Å². The molecule has 0 saturated heterocycles. The average Bonchev–Trinajstić information content (AvgIpc) is 2.18. The molecule has 1 amide bonds. The number of nitro benzene ring substituents is 1. The summed E-state index contributed by atoms with van der Waals surface area (Å²) in [6.07, 6.45) is 0. The van der Waals surface area contributed by atoms with Crippen molar-refractivity contribution in [2.75, 3.05) is 0 Å². The molecule has 0 unspecified atom stereocenters. The van der Waals surface area contributed by atoms with Crippen molar-refractivity contribution >= 4 is 40.6 Å². The van der Waals surface area contributed by atoms with Gasteiger partial charge in [0.1, 0.15) is 0 Å². The van der Waals surface area contributed by atoms with E-state index in [1.54, 1.807) is 0 Å². The van der Waals surface area contributed by atoms with Crippen molar-refractivity contribution < 1.29 is 9.72 Å². The van der Waals surface area contributed by atoms with Gasteiger partial charge in [-0.3, -0.25) is 14.9 Å². The Bertz CT molecular complexity index is 483. The summed E-state index contributed by atoms with van der Waals surface area (Å²) >= 11 is 9.91. The lowest BCUT2D eigenvalue weighted by Crippen LogP contribution is -1.97. The lowest BCUT2D eigenvalue weighted by Gasteiger charge is -1.97. The van der Waals surface area contributed by atoms with Crippen LogP contribution in [0.5, 0.6) is 0 Å². The van der Waals surface area contributed by atoms with Crippen molar-refractivity contribution in [2.45, 2.75) is 0 Å². The zero-order valence-electron chi connectivity index (χ0n) is 7.14. The van der Waals surface area contributed by atoms with E-state index < -0.39 is 10.8 Å². The van der Waals surface area contributed by atoms with Crippen molar-refractivity contribution in [1.29, 1.82) is 0 Å². The number of aliphatic imine (C=N–C) groups is 1. The lowest BCUT2D eigenvalue weighted by atomic mass is 10.2. The number of non-ortho nitro benzene ring substituents is 1. The Hall–Kier alpha value is -1.62. The molecule has 7 heteroatoms. The molecule has 1 aromatic carbocycles. The summed E-state index contributed by atoms with van der Waals surface area (Å²) in [5.74, 6) is -0.751. The maximum Gasteiger partial charge on any atom is 0.287 e. The highest BCUT2D eigenvalue weighted by Gasteiger charge is 2.14. The first-order valence-corrected chi connectivity index (χ1v) is 4.41. The van der Waals surface area contributed by atoms with Crippen molar-refractivity contribution in [1.82, 2.24) is 0 Å². The second-order valence-electron chi connectivity index (χ2n) is 2.43. The molecule has 0 N–H and O–H groups in total. The van der Waals surface area contributed by atoms with Crippen LogP contribution < -0.4 is 0 Å². The minimum absolute atomic E-state index is 0.0665. The molecule has 0 radical (unpaired) electrons. The Morgan fingerprint density at radius 2 is 2.27 bits per heavy atom. The molecule has 0 saturated carbocycles. The van der Waals surface area contributed by atoms with Crippen LogP contribution in [0.4, 0.5) is 5.69 Å². The van der Waals surface area contributed by atoms with Crippen molar-refractivity contribution in [3.63, 3.8) is 0 Å². The van der Waals surface area contributed by atoms with Crippen LogP contribution in [-0.2, 0) is 0 Å². The van der Waals surface area contributed by atoms with E-state index in [0.717, 1.165) is 6.07 Å². The summed E-state index contributed by atoms with van der Waals surface area (Å²) in [6, 6.07) is 3.49. The smallest absolute Gasteiger partial charge is 0.266 e. The number of halogens is 1. The monoisotopic (exact) mass is 242 g/mol. The zero-order chi connectivity index (χ0) is 11.4. The molecule has 76 valence electrons. The van der Waals surface area contributed by atoms with Crippen LogP contribution in [0.2, 0.25) is 5.02 Å². The molecule has 1 aromatic rings. The van der Waals surface area contributed by atoms with Crippen LogP contribution in [0, 0.1) is 10.1 Å². The number of carbonyl (C=O) groups is 1. The number of nitrogens with zero attached hydrogens (tertiary/aromatic N) is 2. The summed E-state index contributed by atoms with van der Waals surface area (Å²) < 4.78 is 0. The molecule has 0 bridgehead atoms. The first-order valence-electron chi connectivity index (χ1n) is 3.62. The number of thiocarbonyl (C=S) groups is 1. The van der Waals surface area contributed by atoms with Crippen LogP contribution >= 0.6 is 23.8 Å². The molecule has 15 heavy (non-hydrogen) atoms. The summed E-state index contributed by atoms with van der Waals surface area (Å²) in [4.78, 5) is 24.2. The average molecular weight is 243 g/mol. The first kappa shape index (κ1) is 11.5. The van der Waals surface area contributed by atoms with Crippen LogP contribution in [0.15, 0.2) is 23.2 Å². The number of nitro groups is 1. The van der Waals surface area contributed by atoms with Gasteiger partial charge in [0, 0.05) is 12.1 Å². The minimum atomic E-state index is -0.751. The van der Waals surface area contributed by atoms with Gasteiger partial charge in [0.15, 0.2) is 0 Å². The summed E-state index contributed by atoms with van der Waals surface area (Å²) in [5, 5.41) is 12.4. The number of amides is 1. The SMILES string of the molecule is O=C(N=C=S)c1cc([N+](=O)[O-])ccc1Cl. The van der Waals surface area contributed by atoms with Crippen molar-refractivity contribution in [3.8, 4) is 0 Å². The highest BCUT2D eigenvalue weighted by molar-refractivity contribution is 7.78. The Morgan fingerprint density at radius 1 is 1.60 bits per heavy atom. The van der Waals surface area contributed by atoms with Crippen molar-refractivity contribution in [3.05, 3.63) is 38.9 Å². The molecule has 0 atom stereocenters. The third-order valence-electron chi connectivity index (χ3n) is 1.54. The molecule has 0 spiro atoms. The lowest BCUT2D eigenvalue weighted by molar-refractivity contribution is -0.384. The van der Waals surface area contributed by atoms with E-state index in [2.05, 4.69) is 17.2 Å². The van der Waals surface area contributed by atoms with E-state index >= 15 is 0 Å². The molecule has 0 aliphatic rings. The fraction of sp³-hybridized carbons (Fsp3) is 0. The standard InChI is InChI=1S/C8H3ClN2O3S/c9-7-2-1-5(11(13)14)3-6(7)8(12)10-4-15/h1-3H. The summed E-state index contributed by atoms with van der Waals surface area (Å²) in [7, 11) is 0. The maximum absolute atomic E-state index is 11.2. The van der Waals surface area contributed by atoms with Crippen molar-refractivity contribution in [2.24, 2.45) is 4.99 Å². The fourth-order valence-electron chi connectivity index (χ4n) is 0.892. The van der Waals surface area contributed by atoms with Gasteiger partial charge in [-0.1, -0.05) is 11.6 Å². The third-order valence-corrected chi connectivity index (χ3v) is 1.96. The Kier molecular flexibility index (Phi) is 3.62. The molecule has 1 rings (SSSR count). The predicted octanol–water partition coefficient (Wildman–Crippen LogP) is 2.49. The highest BCUT2D eigenvalue weighted by atomic mass is 35.5. The van der Waals surface area contributed by atoms with E-state index in [0.29, 0.717) is 0 Å². The van der Waals surface area contributed by atoms with E-state index in [1.807, 2.05) is 5.16 Å². The van der Waals surface area contributed by atoms with Gasteiger partial charge in [-0.25, -0.2) is 0 Å². The third kappa shape index (κ3) is 2.66. The molecule has 0 aromatic heterocycles. The number of rotatable bonds is 2. The minimum Gasteiger partial charge on any atom is -0.266 e. The second-order valence-corrected chi connectivity index (χ2v) is 3.02. The number of hydrogen-bond donors (Lipinski definition) is 0. The summed E-state index contributed by atoms with van der Waals surface area (Å²) in [5.41, 5.74) is -0.300. The van der Waals surface area contributed by atoms with Gasteiger partial charge in [0.2, 0.25) is 0 Å². The van der Waals surface area contributed by atoms with Crippen LogP contribution in [0.25, 0.3) is 0 Å². The molecule has 5 nitrogen and oxygen atoms in total. The Morgan fingerprint density at radius 3 is 2.80 bits per heavy atom. The van der Waals surface area contributed by atoms with Gasteiger partial charge in [-0.15, -0.1) is 0 Å². The van der Waals surface area contributed by atoms with Gasteiger partial charge < -0.3 is 0 Å². The number of hydrogen-bond acceptors (Lipinski definition) is 4. The normalized spacial score (nSPS) is 9.13. The van der Waals surface area contributed by atoms with E-state index in [-0.39, 0.29) is 16.3 Å². The van der Waals surface area contributed by atoms with Gasteiger partial charge in [-0.05, 0) is 18.3 Å². The number of isothiocyanates is 1. The fourth-order valence-corrected chi connectivity index (χ4v) is 1.17. The molecular formula is C8H3ClN2O3S. The number of benzene rings is 1. The maximum atomic E-state index is 11.2. The molecule has 0 fully saturated rings. The van der Waals surface area contributed by atoms with Gasteiger partial charge >= 0.3 is 0 Å². The quantitative estimate of drug-likeness (QED) is 0.346. The Balaban J connectivity index is 3.27. The zero-order valence-corrected chi connectivity index (χ0v) is 8.71. The molecule has 0 aliphatic heterocycles. The highest BCUT2D eigenvalue weighted by Crippen LogP contribution is 2.22. The second kappa shape index (κ2) is 4.75. The van der Waals surface area contributed by atoms with Crippen LogP contribution in [-0.4, -0.2) is 16.0 Å². The summed E-state index contributed by atoms with van der Waals surface area (Å²) in [6.45, 7) is 0. The number of carbonyl (C=O) groups excluding carboxylic acids is 1. The van der Waals surface area contributed by atoms with Gasteiger partial charge in [0.05, 0.1) is 20.7 Å². The molecular weight excluding hydrogens is 240 g/mol. The Labute approximate surface area is 94.5 Å². The van der Waals surface area contributed by atoms with E-state index in [4.69, 9.17) is 11.6 Å². The van der Waals surface area contributed by atoms with Crippen LogP contribution in [0.1, 0.15) is 10.4 Å². The molecule has 0 aliphatic carbocycles. The van der Waals surface area contributed by atoms with E-state index in [9.17, 15) is 14.9 Å². The van der Waals surface area contributed by atoms with Gasteiger partial charge in [0.25, 0.3) is 11.6 Å². The first-order chi connectivity index (χ1) is 7.06. The largest absolute Gasteiger partial charge is 0.287 e. The molecule has 0 heterocycles. The topological polar surface area (TPSA) is 72.6 Å². The van der Waals surface area contributed by atoms with E-state index in [1.165, 1.54) is 12.1 Å².